The number of hydrogen-bond donors (Lipinski definition) is 2. The molecule has 2 N–H and O–H groups in total. The van der Waals surface area contributed by atoms with Crippen molar-refractivity contribution in [3.63, 3.8) is 0 Å². The van der Waals surface area contributed by atoms with E-state index < -0.39 is 11.9 Å². The van der Waals surface area contributed by atoms with Crippen LogP contribution in [0, 0.1) is 46.3 Å². The molecule has 0 aromatic rings. The summed E-state index contributed by atoms with van der Waals surface area (Å²) in [6, 6.07) is 0. The zero-order valence-corrected chi connectivity index (χ0v) is 14.4. The maximum absolute atomic E-state index is 11.4. The van der Waals surface area contributed by atoms with Crippen molar-refractivity contribution in [2.75, 3.05) is 0 Å². The standard InChI is InChI=1S/C21H26O4/c22-17(23)6-8-20-11-15(14-2-1-3-16(14)20)19-12-4-5-13(10-12)21(19,20)9-7-18(24)25/h6-9,12-16,19H,1-5,10-11H2,(H,22,23)(H,24,25). The van der Waals surface area contributed by atoms with E-state index >= 15 is 0 Å². The van der Waals surface area contributed by atoms with Crippen molar-refractivity contribution in [1.29, 1.82) is 0 Å². The van der Waals surface area contributed by atoms with Crippen LogP contribution in [0.25, 0.3) is 0 Å². The lowest BCUT2D eigenvalue weighted by atomic mass is 9.48. The summed E-state index contributed by atoms with van der Waals surface area (Å²) in [5.74, 6) is 2.00. The predicted molar refractivity (Wildman–Crippen MR) is 91.7 cm³/mol. The topological polar surface area (TPSA) is 74.6 Å². The molecule has 4 bridgehead atoms. The Morgan fingerprint density at radius 2 is 1.68 bits per heavy atom. The summed E-state index contributed by atoms with van der Waals surface area (Å²) in [6.07, 6.45) is 15.2. The van der Waals surface area contributed by atoms with Gasteiger partial charge in [-0.2, -0.15) is 0 Å². The molecule has 0 aromatic heterocycles. The van der Waals surface area contributed by atoms with E-state index in [4.69, 9.17) is 0 Å². The molecule has 5 saturated carbocycles. The Labute approximate surface area is 148 Å². The van der Waals surface area contributed by atoms with E-state index in [0.29, 0.717) is 23.7 Å². The molecule has 0 spiro atoms. The Morgan fingerprint density at radius 1 is 0.920 bits per heavy atom. The molecule has 8 unspecified atom stereocenters. The van der Waals surface area contributed by atoms with Gasteiger partial charge in [-0.1, -0.05) is 18.6 Å². The predicted octanol–water partition coefficient (Wildman–Crippen LogP) is 3.74. The average Bonchev–Trinajstić information content (AvgIpc) is 3.32. The van der Waals surface area contributed by atoms with E-state index in [-0.39, 0.29) is 10.8 Å². The van der Waals surface area contributed by atoms with E-state index in [0.717, 1.165) is 18.3 Å². The Morgan fingerprint density at radius 3 is 2.44 bits per heavy atom. The van der Waals surface area contributed by atoms with Crippen molar-refractivity contribution in [2.24, 2.45) is 46.3 Å². The molecule has 0 heterocycles. The van der Waals surface area contributed by atoms with Gasteiger partial charge in [-0.25, -0.2) is 9.59 Å². The van der Waals surface area contributed by atoms with Crippen molar-refractivity contribution in [1.82, 2.24) is 0 Å². The number of allylic oxidation sites excluding steroid dienone is 2. The molecule has 8 atom stereocenters. The number of fused-ring (bicyclic) bond motifs is 12. The number of hydrogen-bond acceptors (Lipinski definition) is 2. The molecule has 0 saturated heterocycles. The molecule has 0 amide bonds. The van der Waals surface area contributed by atoms with Crippen molar-refractivity contribution >= 4 is 11.9 Å². The Hall–Kier alpha value is -1.58. The zero-order chi connectivity index (χ0) is 17.4. The molecule has 5 aliphatic rings. The number of carboxylic acids is 2. The summed E-state index contributed by atoms with van der Waals surface area (Å²) >= 11 is 0. The first-order valence-electron chi connectivity index (χ1n) is 9.84. The maximum Gasteiger partial charge on any atom is 0.327 e. The molecule has 134 valence electrons. The van der Waals surface area contributed by atoms with E-state index in [9.17, 15) is 19.8 Å². The van der Waals surface area contributed by atoms with Crippen LogP contribution in [0.4, 0.5) is 0 Å². The Balaban J connectivity index is 1.70. The van der Waals surface area contributed by atoms with E-state index in [1.54, 1.807) is 0 Å². The van der Waals surface area contributed by atoms with Crippen LogP contribution in [0.15, 0.2) is 24.3 Å². The fourth-order valence-corrected chi connectivity index (χ4v) is 8.72. The van der Waals surface area contributed by atoms with Crippen molar-refractivity contribution in [3.05, 3.63) is 24.3 Å². The average molecular weight is 342 g/mol. The smallest absolute Gasteiger partial charge is 0.327 e. The van der Waals surface area contributed by atoms with Crippen LogP contribution in [-0.4, -0.2) is 22.2 Å². The molecule has 25 heavy (non-hydrogen) atoms. The Kier molecular flexibility index (Phi) is 3.12. The minimum atomic E-state index is -0.878. The van der Waals surface area contributed by atoms with E-state index in [1.807, 2.05) is 12.2 Å². The molecule has 4 nitrogen and oxygen atoms in total. The third-order valence-corrected chi connectivity index (χ3v) is 8.86. The maximum atomic E-state index is 11.4. The largest absolute Gasteiger partial charge is 0.478 e. The second-order valence-electron chi connectivity index (χ2n) is 9.18. The molecular weight excluding hydrogens is 316 g/mol. The van der Waals surface area contributed by atoms with Gasteiger partial charge in [0.05, 0.1) is 0 Å². The minimum Gasteiger partial charge on any atom is -0.478 e. The second-order valence-corrected chi connectivity index (χ2v) is 9.18. The zero-order valence-electron chi connectivity index (χ0n) is 14.4. The summed E-state index contributed by atoms with van der Waals surface area (Å²) in [5.41, 5.74) is -0.246. The summed E-state index contributed by atoms with van der Waals surface area (Å²) in [6.45, 7) is 0. The molecule has 0 aliphatic heterocycles. The lowest BCUT2D eigenvalue weighted by molar-refractivity contribution is -0.132. The molecule has 5 rings (SSSR count). The SMILES string of the molecule is O=C(O)C=CC12CC(C3CCCC31)C1C3CCC(C3)C12C=CC(=O)O. The fourth-order valence-electron chi connectivity index (χ4n) is 8.72. The van der Waals surface area contributed by atoms with Gasteiger partial charge in [0, 0.05) is 23.0 Å². The molecule has 5 fully saturated rings. The fraction of sp³-hybridized carbons (Fsp3) is 0.714. The molecule has 0 radical (unpaired) electrons. The van der Waals surface area contributed by atoms with Gasteiger partial charge in [-0.15, -0.1) is 0 Å². The minimum absolute atomic E-state index is 0.115. The van der Waals surface area contributed by atoms with Gasteiger partial charge in [0.2, 0.25) is 0 Å². The van der Waals surface area contributed by atoms with Gasteiger partial charge in [0.15, 0.2) is 0 Å². The van der Waals surface area contributed by atoms with Gasteiger partial charge in [0.25, 0.3) is 0 Å². The van der Waals surface area contributed by atoms with Crippen LogP contribution in [-0.2, 0) is 9.59 Å². The van der Waals surface area contributed by atoms with Gasteiger partial charge < -0.3 is 10.2 Å². The lowest BCUT2D eigenvalue weighted by Crippen LogP contribution is -2.51. The highest BCUT2D eigenvalue weighted by atomic mass is 16.4. The number of carboxylic acid groups (broad SMARTS) is 2. The third kappa shape index (κ3) is 1.73. The van der Waals surface area contributed by atoms with E-state index in [1.165, 1.54) is 50.7 Å². The Bertz CT molecular complexity index is 694. The van der Waals surface area contributed by atoms with Crippen LogP contribution in [0.1, 0.15) is 44.9 Å². The monoisotopic (exact) mass is 342 g/mol. The normalized spacial score (nSPS) is 52.3. The highest BCUT2D eigenvalue weighted by molar-refractivity contribution is 5.81. The quantitative estimate of drug-likeness (QED) is 0.603. The summed E-state index contributed by atoms with van der Waals surface area (Å²) in [4.78, 5) is 22.7. The van der Waals surface area contributed by atoms with Gasteiger partial charge in [-0.05, 0) is 74.0 Å². The van der Waals surface area contributed by atoms with Crippen LogP contribution >= 0.6 is 0 Å². The van der Waals surface area contributed by atoms with Crippen LogP contribution in [0.5, 0.6) is 0 Å². The summed E-state index contributed by atoms with van der Waals surface area (Å²) in [7, 11) is 0. The number of carbonyl (C=O) groups is 2. The van der Waals surface area contributed by atoms with E-state index in [2.05, 4.69) is 0 Å². The van der Waals surface area contributed by atoms with Crippen LogP contribution < -0.4 is 0 Å². The van der Waals surface area contributed by atoms with Crippen LogP contribution in [0.3, 0.4) is 0 Å². The van der Waals surface area contributed by atoms with Crippen molar-refractivity contribution in [2.45, 2.75) is 44.9 Å². The number of rotatable bonds is 4. The molecule has 5 aliphatic carbocycles. The first-order chi connectivity index (χ1) is 12.0. The van der Waals surface area contributed by atoms with Gasteiger partial charge in [0.1, 0.15) is 0 Å². The highest BCUT2D eigenvalue weighted by Crippen LogP contribution is 2.84. The van der Waals surface area contributed by atoms with Crippen molar-refractivity contribution in [3.8, 4) is 0 Å². The van der Waals surface area contributed by atoms with Gasteiger partial charge >= 0.3 is 11.9 Å². The van der Waals surface area contributed by atoms with Crippen LogP contribution in [0.2, 0.25) is 0 Å². The third-order valence-electron chi connectivity index (χ3n) is 8.86. The highest BCUT2D eigenvalue weighted by Gasteiger charge is 2.78. The molecule has 4 heteroatoms. The molecular formula is C21H26O4. The number of aliphatic carboxylic acids is 2. The molecule has 0 aromatic carbocycles. The van der Waals surface area contributed by atoms with Gasteiger partial charge in [-0.3, -0.25) is 0 Å². The summed E-state index contributed by atoms with van der Waals surface area (Å²) < 4.78 is 0. The summed E-state index contributed by atoms with van der Waals surface area (Å²) in [5, 5.41) is 18.6. The van der Waals surface area contributed by atoms with Crippen molar-refractivity contribution < 1.29 is 19.8 Å². The first kappa shape index (κ1) is 15.7. The lowest BCUT2D eigenvalue weighted by Gasteiger charge is -2.55. The second kappa shape index (κ2) is 4.99. The first-order valence-corrected chi connectivity index (χ1v) is 9.84.